The summed E-state index contributed by atoms with van der Waals surface area (Å²) in [5.74, 6) is 1.28. The predicted octanol–water partition coefficient (Wildman–Crippen LogP) is 6.76. The highest BCUT2D eigenvalue weighted by atomic mass is 16.5. The van der Waals surface area contributed by atoms with E-state index in [4.69, 9.17) is 9.47 Å². The monoisotopic (exact) mass is 450 g/mol. The van der Waals surface area contributed by atoms with Crippen LogP contribution in [-0.4, -0.2) is 18.7 Å². The number of methoxy groups -OCH3 is 1. The number of ketones is 2. The van der Waals surface area contributed by atoms with E-state index < -0.39 is 0 Å². The number of rotatable bonds is 9. The molecule has 4 aromatic rings. The fourth-order valence-corrected chi connectivity index (χ4v) is 3.75. The molecule has 0 fully saturated rings. The third-order valence-electron chi connectivity index (χ3n) is 5.65. The molecule has 4 heteroatoms. The van der Waals surface area contributed by atoms with E-state index in [9.17, 15) is 9.59 Å². The second-order valence-corrected chi connectivity index (χ2v) is 7.90. The van der Waals surface area contributed by atoms with E-state index in [1.165, 1.54) is 0 Å². The van der Waals surface area contributed by atoms with E-state index in [1.807, 2.05) is 61.5 Å². The van der Waals surface area contributed by atoms with E-state index in [0.29, 0.717) is 41.2 Å². The molecule has 0 aliphatic rings. The molecule has 0 atom stereocenters. The molecule has 0 aliphatic heterocycles. The summed E-state index contributed by atoms with van der Waals surface area (Å²) in [4.78, 5) is 25.7. The zero-order valence-corrected chi connectivity index (χ0v) is 19.3. The fraction of sp³-hybridized carbons (Fsp3) is 0.133. The highest BCUT2D eigenvalue weighted by Crippen LogP contribution is 2.31. The quantitative estimate of drug-likeness (QED) is 0.264. The van der Waals surface area contributed by atoms with Crippen molar-refractivity contribution in [3.05, 3.63) is 119 Å². The molecule has 0 saturated carbocycles. The fourth-order valence-electron chi connectivity index (χ4n) is 3.75. The lowest BCUT2D eigenvalue weighted by Gasteiger charge is -2.13. The molecule has 0 spiro atoms. The lowest BCUT2D eigenvalue weighted by molar-refractivity contribution is 0.0987. The van der Waals surface area contributed by atoms with Crippen LogP contribution in [0.5, 0.6) is 11.5 Å². The Morgan fingerprint density at radius 3 is 2.18 bits per heavy atom. The van der Waals surface area contributed by atoms with Crippen molar-refractivity contribution < 1.29 is 19.1 Å². The largest absolute Gasteiger partial charge is 0.497 e. The van der Waals surface area contributed by atoms with Crippen molar-refractivity contribution in [2.75, 3.05) is 7.11 Å². The van der Waals surface area contributed by atoms with Gasteiger partial charge in [0, 0.05) is 23.1 Å². The van der Waals surface area contributed by atoms with E-state index in [2.05, 4.69) is 0 Å². The van der Waals surface area contributed by atoms with Gasteiger partial charge in [-0.25, -0.2) is 0 Å². The molecule has 0 saturated heterocycles. The third kappa shape index (κ3) is 5.24. The Kier molecular flexibility index (Phi) is 7.19. The Morgan fingerprint density at radius 2 is 1.47 bits per heavy atom. The van der Waals surface area contributed by atoms with Gasteiger partial charge in [0.15, 0.2) is 11.6 Å². The molecule has 0 N–H and O–H groups in total. The molecule has 0 unspecified atom stereocenters. The lowest BCUT2D eigenvalue weighted by atomic mass is 9.92. The second kappa shape index (κ2) is 10.6. The highest BCUT2D eigenvalue weighted by molar-refractivity contribution is 6.13. The summed E-state index contributed by atoms with van der Waals surface area (Å²) in [7, 11) is 1.59. The summed E-state index contributed by atoms with van der Waals surface area (Å²) in [5, 5.41) is 0. The number of carbonyl (C=O) groups excluding carboxylic acids is 2. The normalized spacial score (nSPS) is 10.5. The summed E-state index contributed by atoms with van der Waals surface area (Å²) in [6.07, 6.45) is 0.423. The smallest absolute Gasteiger partial charge is 0.193 e. The van der Waals surface area contributed by atoms with Gasteiger partial charge in [-0.3, -0.25) is 9.59 Å². The average Bonchev–Trinajstić information content (AvgIpc) is 2.91. The Bertz CT molecular complexity index is 1290. The summed E-state index contributed by atoms with van der Waals surface area (Å²) in [5.41, 5.74) is 4.32. The molecule has 34 heavy (non-hydrogen) atoms. The molecule has 4 aromatic carbocycles. The molecule has 0 aliphatic carbocycles. The zero-order valence-electron chi connectivity index (χ0n) is 19.3. The first-order valence-corrected chi connectivity index (χ1v) is 11.2. The first-order chi connectivity index (χ1) is 16.6. The SMILES string of the molecule is CCC(=O)c1cccc(-c2cc(OC)ccc2C(=O)c2ccc(OCc3ccccc3)cc2)c1. The Hall–Kier alpha value is -4.18. The van der Waals surface area contributed by atoms with Gasteiger partial charge in [-0.1, -0.05) is 55.5 Å². The van der Waals surface area contributed by atoms with Gasteiger partial charge in [-0.2, -0.15) is 0 Å². The summed E-state index contributed by atoms with van der Waals surface area (Å²) in [6, 6.07) is 29.8. The van der Waals surface area contributed by atoms with Crippen LogP contribution in [0.15, 0.2) is 97.1 Å². The first kappa shape index (κ1) is 23.0. The molecular weight excluding hydrogens is 424 g/mol. The van der Waals surface area contributed by atoms with Gasteiger partial charge < -0.3 is 9.47 Å². The van der Waals surface area contributed by atoms with Crippen LogP contribution in [0.1, 0.15) is 45.2 Å². The van der Waals surface area contributed by atoms with Crippen LogP contribution in [0, 0.1) is 0 Å². The maximum Gasteiger partial charge on any atom is 0.193 e. The van der Waals surface area contributed by atoms with Crippen LogP contribution in [0.25, 0.3) is 11.1 Å². The number of hydrogen-bond donors (Lipinski definition) is 0. The predicted molar refractivity (Wildman–Crippen MR) is 134 cm³/mol. The van der Waals surface area contributed by atoms with Crippen LogP contribution in [0.2, 0.25) is 0 Å². The van der Waals surface area contributed by atoms with E-state index in [1.54, 1.807) is 49.6 Å². The van der Waals surface area contributed by atoms with Crippen molar-refractivity contribution in [2.24, 2.45) is 0 Å². The van der Waals surface area contributed by atoms with Crippen molar-refractivity contribution in [1.29, 1.82) is 0 Å². The number of Topliss-reactive ketones (excluding diaryl/α,β-unsaturated/α-hetero) is 1. The van der Waals surface area contributed by atoms with E-state index >= 15 is 0 Å². The first-order valence-electron chi connectivity index (χ1n) is 11.2. The molecule has 0 heterocycles. The second-order valence-electron chi connectivity index (χ2n) is 7.90. The molecule has 4 rings (SSSR count). The topological polar surface area (TPSA) is 52.6 Å². The van der Waals surface area contributed by atoms with E-state index in [0.717, 1.165) is 16.7 Å². The van der Waals surface area contributed by atoms with Gasteiger partial charge in [0.25, 0.3) is 0 Å². The number of benzene rings is 4. The Labute approximate surface area is 199 Å². The summed E-state index contributed by atoms with van der Waals surface area (Å²) >= 11 is 0. The molecule has 0 aromatic heterocycles. The van der Waals surface area contributed by atoms with Crippen molar-refractivity contribution in [3.63, 3.8) is 0 Å². The zero-order chi connectivity index (χ0) is 23.9. The molecule has 0 amide bonds. The summed E-state index contributed by atoms with van der Waals surface area (Å²) < 4.78 is 11.2. The minimum atomic E-state index is -0.112. The molecule has 0 bridgehead atoms. The Balaban J connectivity index is 1.61. The molecule has 4 nitrogen and oxygen atoms in total. The minimum absolute atomic E-state index is 0.0590. The number of hydrogen-bond acceptors (Lipinski definition) is 4. The minimum Gasteiger partial charge on any atom is -0.497 e. The maximum atomic E-state index is 13.5. The van der Waals surface area contributed by atoms with Crippen LogP contribution in [-0.2, 0) is 6.61 Å². The number of ether oxygens (including phenoxy) is 2. The molecule has 0 radical (unpaired) electrons. The standard InChI is InChI=1S/C30H26O4/c1-3-29(31)24-11-7-10-23(18-24)28-19-26(33-2)16-17-27(28)30(32)22-12-14-25(15-13-22)34-20-21-8-5-4-6-9-21/h4-19H,3,20H2,1-2H3. The van der Waals surface area contributed by atoms with Gasteiger partial charge in [0.05, 0.1) is 7.11 Å². The van der Waals surface area contributed by atoms with Crippen molar-refractivity contribution in [1.82, 2.24) is 0 Å². The van der Waals surface area contributed by atoms with E-state index in [-0.39, 0.29) is 11.6 Å². The van der Waals surface area contributed by atoms with Crippen LogP contribution >= 0.6 is 0 Å². The molecular formula is C30H26O4. The van der Waals surface area contributed by atoms with Gasteiger partial charge in [-0.15, -0.1) is 0 Å². The average molecular weight is 451 g/mol. The van der Waals surface area contributed by atoms with Gasteiger partial charge in [0.2, 0.25) is 0 Å². The molecule has 170 valence electrons. The van der Waals surface area contributed by atoms with Crippen LogP contribution in [0.3, 0.4) is 0 Å². The highest BCUT2D eigenvalue weighted by Gasteiger charge is 2.17. The lowest BCUT2D eigenvalue weighted by Crippen LogP contribution is -2.05. The summed E-state index contributed by atoms with van der Waals surface area (Å²) in [6.45, 7) is 2.30. The Morgan fingerprint density at radius 1 is 0.735 bits per heavy atom. The van der Waals surface area contributed by atoms with Gasteiger partial charge in [-0.05, 0) is 65.2 Å². The third-order valence-corrected chi connectivity index (χ3v) is 5.65. The van der Waals surface area contributed by atoms with Crippen LogP contribution < -0.4 is 9.47 Å². The van der Waals surface area contributed by atoms with Crippen LogP contribution in [0.4, 0.5) is 0 Å². The van der Waals surface area contributed by atoms with Crippen molar-refractivity contribution in [3.8, 4) is 22.6 Å². The number of carbonyl (C=O) groups is 2. The van der Waals surface area contributed by atoms with Gasteiger partial charge >= 0.3 is 0 Å². The maximum absolute atomic E-state index is 13.5. The van der Waals surface area contributed by atoms with Gasteiger partial charge in [0.1, 0.15) is 18.1 Å². The van der Waals surface area contributed by atoms with Crippen molar-refractivity contribution in [2.45, 2.75) is 20.0 Å². The van der Waals surface area contributed by atoms with Crippen molar-refractivity contribution >= 4 is 11.6 Å².